The van der Waals surface area contributed by atoms with Crippen LogP contribution in [0.3, 0.4) is 0 Å². The van der Waals surface area contributed by atoms with Gasteiger partial charge in [0.1, 0.15) is 6.61 Å². The van der Waals surface area contributed by atoms with Gasteiger partial charge in [0.05, 0.1) is 24.9 Å². The molecule has 2 rings (SSSR count). The molecule has 0 aliphatic heterocycles. The van der Waals surface area contributed by atoms with E-state index in [0.29, 0.717) is 30.3 Å². The summed E-state index contributed by atoms with van der Waals surface area (Å²) in [5.74, 6) is 0.896. The summed E-state index contributed by atoms with van der Waals surface area (Å²) in [5.41, 5.74) is 3.11. The average Bonchev–Trinajstić information content (AvgIpc) is 3.06. The number of carbonyl (C=O) groups is 1. The maximum absolute atomic E-state index is 12.2. The van der Waals surface area contributed by atoms with Crippen molar-refractivity contribution in [3.8, 4) is 11.5 Å². The molecule has 1 unspecified atom stereocenters. The molecule has 1 aromatic heterocycles. The maximum atomic E-state index is 12.2. The van der Waals surface area contributed by atoms with Crippen LogP contribution in [0.25, 0.3) is 0 Å². The van der Waals surface area contributed by atoms with Crippen LogP contribution >= 0.6 is 11.3 Å². The molecule has 0 radical (unpaired) electrons. The summed E-state index contributed by atoms with van der Waals surface area (Å²) < 4.78 is 16.0. The van der Waals surface area contributed by atoms with Crippen LogP contribution in [0.4, 0.5) is 0 Å². The molecule has 2 aromatic rings. The van der Waals surface area contributed by atoms with E-state index in [0.717, 1.165) is 5.69 Å². The van der Waals surface area contributed by atoms with E-state index < -0.39 is 0 Å². The summed E-state index contributed by atoms with van der Waals surface area (Å²) in [5, 5.41) is 4.78. The molecule has 0 fully saturated rings. The second-order valence-corrected chi connectivity index (χ2v) is 5.68. The zero-order valence-electron chi connectivity index (χ0n) is 13.4. The highest BCUT2D eigenvalue weighted by Gasteiger charge is 2.13. The predicted molar refractivity (Wildman–Crippen MR) is 88.2 cm³/mol. The largest absolute Gasteiger partial charge is 0.493 e. The van der Waals surface area contributed by atoms with Crippen molar-refractivity contribution in [1.29, 1.82) is 0 Å². The van der Waals surface area contributed by atoms with Crippen LogP contribution in [-0.4, -0.2) is 37.8 Å². The third-order valence-corrected chi connectivity index (χ3v) is 3.71. The molecule has 0 saturated carbocycles. The summed E-state index contributed by atoms with van der Waals surface area (Å²) in [6.45, 7) is 2.69. The van der Waals surface area contributed by atoms with E-state index in [4.69, 9.17) is 14.2 Å². The predicted octanol–water partition coefficient (Wildman–Crippen LogP) is 2.50. The fraction of sp³-hybridized carbons (Fsp3) is 0.375. The van der Waals surface area contributed by atoms with Crippen molar-refractivity contribution >= 4 is 17.2 Å². The number of benzene rings is 1. The Morgan fingerprint density at radius 3 is 2.83 bits per heavy atom. The molecule has 1 amide bonds. The van der Waals surface area contributed by atoms with Crippen LogP contribution in [-0.2, 0) is 11.3 Å². The molecular weight excluding hydrogens is 316 g/mol. The van der Waals surface area contributed by atoms with Gasteiger partial charge in [-0.2, -0.15) is 0 Å². The fourth-order valence-corrected chi connectivity index (χ4v) is 2.53. The number of carbonyl (C=O) groups excluding carboxylic acids is 1. The number of methoxy groups -OCH3 is 2. The first-order chi connectivity index (χ1) is 11.1. The van der Waals surface area contributed by atoms with Gasteiger partial charge < -0.3 is 19.5 Å². The SMILES string of the molecule is COCC(C)NC(=O)c1ccc(OCc2cscn2)c(OC)c1. The first-order valence-electron chi connectivity index (χ1n) is 7.11. The topological polar surface area (TPSA) is 69.7 Å². The Kier molecular flexibility index (Phi) is 6.37. The Hall–Kier alpha value is -2.12. The van der Waals surface area contributed by atoms with Gasteiger partial charge in [-0.3, -0.25) is 4.79 Å². The smallest absolute Gasteiger partial charge is 0.251 e. The van der Waals surface area contributed by atoms with Crippen LogP contribution in [0.15, 0.2) is 29.1 Å². The Morgan fingerprint density at radius 1 is 1.35 bits per heavy atom. The standard InChI is InChI=1S/C16H20N2O4S/c1-11(7-20-2)18-16(19)12-4-5-14(15(6-12)21-3)22-8-13-9-23-10-17-13/h4-6,9-11H,7-8H2,1-3H3,(H,18,19). The highest BCUT2D eigenvalue weighted by atomic mass is 32.1. The van der Waals surface area contributed by atoms with Crippen LogP contribution in [0.5, 0.6) is 11.5 Å². The van der Waals surface area contributed by atoms with E-state index in [1.165, 1.54) is 11.3 Å². The Labute approximate surface area is 139 Å². The van der Waals surface area contributed by atoms with Crippen LogP contribution < -0.4 is 14.8 Å². The summed E-state index contributed by atoms with van der Waals surface area (Å²) in [6, 6.07) is 5.01. The summed E-state index contributed by atoms with van der Waals surface area (Å²) in [4.78, 5) is 16.3. The lowest BCUT2D eigenvalue weighted by atomic mass is 10.1. The summed E-state index contributed by atoms with van der Waals surface area (Å²) in [6.07, 6.45) is 0. The van der Waals surface area contributed by atoms with Crippen molar-refractivity contribution in [2.24, 2.45) is 0 Å². The van der Waals surface area contributed by atoms with Crippen LogP contribution in [0, 0.1) is 0 Å². The number of nitrogens with one attached hydrogen (secondary N) is 1. The minimum absolute atomic E-state index is 0.0703. The number of amides is 1. The molecule has 1 aromatic carbocycles. The molecule has 0 saturated heterocycles. The fourth-order valence-electron chi connectivity index (χ4n) is 1.99. The van der Waals surface area contributed by atoms with Crippen molar-refractivity contribution in [3.63, 3.8) is 0 Å². The van der Waals surface area contributed by atoms with E-state index in [1.54, 1.807) is 37.9 Å². The van der Waals surface area contributed by atoms with Crippen molar-refractivity contribution in [1.82, 2.24) is 10.3 Å². The minimum Gasteiger partial charge on any atom is -0.493 e. The van der Waals surface area contributed by atoms with E-state index in [9.17, 15) is 4.79 Å². The number of ether oxygens (including phenoxy) is 3. The molecule has 0 aliphatic rings. The number of thiazole rings is 1. The average molecular weight is 336 g/mol. The molecule has 0 spiro atoms. The molecule has 7 heteroatoms. The number of nitrogens with zero attached hydrogens (tertiary/aromatic N) is 1. The van der Waals surface area contributed by atoms with Gasteiger partial charge in [0.15, 0.2) is 11.5 Å². The lowest BCUT2D eigenvalue weighted by Gasteiger charge is -2.14. The van der Waals surface area contributed by atoms with Gasteiger partial charge in [0, 0.05) is 24.1 Å². The molecule has 6 nitrogen and oxygen atoms in total. The maximum Gasteiger partial charge on any atom is 0.251 e. The van der Waals surface area contributed by atoms with Crippen molar-refractivity contribution in [2.45, 2.75) is 19.6 Å². The summed E-state index contributed by atoms with van der Waals surface area (Å²) >= 11 is 1.52. The number of hydrogen-bond acceptors (Lipinski definition) is 6. The second-order valence-electron chi connectivity index (χ2n) is 4.96. The third-order valence-electron chi connectivity index (χ3n) is 3.08. The quantitative estimate of drug-likeness (QED) is 0.802. The third kappa shape index (κ3) is 4.94. The van der Waals surface area contributed by atoms with Gasteiger partial charge in [0.25, 0.3) is 5.91 Å². The second kappa shape index (κ2) is 8.50. The molecule has 0 aliphatic carbocycles. The summed E-state index contributed by atoms with van der Waals surface area (Å²) in [7, 11) is 3.14. The Morgan fingerprint density at radius 2 is 2.17 bits per heavy atom. The lowest BCUT2D eigenvalue weighted by Crippen LogP contribution is -2.35. The van der Waals surface area contributed by atoms with Crippen LogP contribution in [0.1, 0.15) is 23.0 Å². The molecule has 23 heavy (non-hydrogen) atoms. The monoisotopic (exact) mass is 336 g/mol. The Bertz CT molecular complexity index is 631. The van der Waals surface area contributed by atoms with Gasteiger partial charge in [-0.15, -0.1) is 11.3 Å². The van der Waals surface area contributed by atoms with E-state index >= 15 is 0 Å². The number of aromatic nitrogens is 1. The van der Waals surface area contributed by atoms with Crippen molar-refractivity contribution < 1.29 is 19.0 Å². The van der Waals surface area contributed by atoms with Crippen LogP contribution in [0.2, 0.25) is 0 Å². The lowest BCUT2D eigenvalue weighted by molar-refractivity contribution is 0.0905. The highest BCUT2D eigenvalue weighted by Crippen LogP contribution is 2.28. The van der Waals surface area contributed by atoms with Crippen molar-refractivity contribution in [3.05, 3.63) is 40.3 Å². The van der Waals surface area contributed by atoms with Crippen molar-refractivity contribution in [2.75, 3.05) is 20.8 Å². The zero-order valence-corrected chi connectivity index (χ0v) is 14.2. The highest BCUT2D eigenvalue weighted by molar-refractivity contribution is 7.07. The van der Waals surface area contributed by atoms with Gasteiger partial charge in [-0.05, 0) is 25.1 Å². The van der Waals surface area contributed by atoms with Gasteiger partial charge in [-0.1, -0.05) is 0 Å². The number of rotatable bonds is 8. The molecule has 0 bridgehead atoms. The van der Waals surface area contributed by atoms with E-state index in [-0.39, 0.29) is 11.9 Å². The van der Waals surface area contributed by atoms with Gasteiger partial charge in [0.2, 0.25) is 0 Å². The van der Waals surface area contributed by atoms with Gasteiger partial charge >= 0.3 is 0 Å². The Balaban J connectivity index is 2.04. The molecular formula is C16H20N2O4S. The first-order valence-corrected chi connectivity index (χ1v) is 8.06. The van der Waals surface area contributed by atoms with E-state index in [2.05, 4.69) is 10.3 Å². The first kappa shape index (κ1) is 17.2. The van der Waals surface area contributed by atoms with Gasteiger partial charge in [-0.25, -0.2) is 4.98 Å². The normalized spacial score (nSPS) is 11.8. The zero-order chi connectivity index (χ0) is 16.7. The van der Waals surface area contributed by atoms with E-state index in [1.807, 2.05) is 12.3 Å². The molecule has 1 N–H and O–H groups in total. The molecule has 1 atom stereocenters. The molecule has 124 valence electrons. The molecule has 1 heterocycles. The number of hydrogen-bond donors (Lipinski definition) is 1. The minimum atomic E-state index is -0.182.